The topological polar surface area (TPSA) is 42.5 Å². The molecule has 1 fully saturated rings. The number of nitrogens with one attached hydrogen (secondary N) is 2. The van der Waals surface area contributed by atoms with Gasteiger partial charge in [0.25, 0.3) is 0 Å². The van der Waals surface area contributed by atoms with Crippen molar-refractivity contribution in [3.05, 3.63) is 54.1 Å². The Morgan fingerprint density at radius 3 is 2.46 bits per heavy atom. The van der Waals surface area contributed by atoms with Crippen LogP contribution in [0.4, 0.5) is 5.69 Å². The SMILES string of the molecule is CCOc1cccc(NC(=S)NC2(c3ccc(OC)cc3)CCCC2)c1. The molecule has 3 rings (SSSR count). The second-order valence-electron chi connectivity index (χ2n) is 6.56. The van der Waals surface area contributed by atoms with Gasteiger partial charge in [-0.3, -0.25) is 0 Å². The highest BCUT2D eigenvalue weighted by atomic mass is 32.1. The highest BCUT2D eigenvalue weighted by molar-refractivity contribution is 7.80. The third-order valence-electron chi connectivity index (χ3n) is 4.86. The fourth-order valence-corrected chi connectivity index (χ4v) is 3.90. The number of hydrogen-bond donors (Lipinski definition) is 2. The Labute approximate surface area is 160 Å². The molecule has 0 radical (unpaired) electrons. The van der Waals surface area contributed by atoms with Crippen molar-refractivity contribution in [2.75, 3.05) is 19.0 Å². The highest BCUT2D eigenvalue weighted by Gasteiger charge is 2.36. The van der Waals surface area contributed by atoms with Crippen molar-refractivity contribution < 1.29 is 9.47 Å². The minimum absolute atomic E-state index is 0.117. The summed E-state index contributed by atoms with van der Waals surface area (Å²) in [7, 11) is 1.69. The zero-order chi connectivity index (χ0) is 18.4. The van der Waals surface area contributed by atoms with Gasteiger partial charge in [-0.15, -0.1) is 0 Å². The van der Waals surface area contributed by atoms with Crippen LogP contribution in [0.3, 0.4) is 0 Å². The van der Waals surface area contributed by atoms with Gasteiger partial charge in [0, 0.05) is 11.8 Å². The summed E-state index contributed by atoms with van der Waals surface area (Å²) < 4.78 is 10.8. The van der Waals surface area contributed by atoms with Crippen molar-refractivity contribution in [3.8, 4) is 11.5 Å². The normalized spacial score (nSPS) is 15.3. The van der Waals surface area contributed by atoms with Gasteiger partial charge in [0.2, 0.25) is 0 Å². The fourth-order valence-electron chi connectivity index (χ4n) is 3.58. The van der Waals surface area contributed by atoms with Crippen molar-refractivity contribution in [2.24, 2.45) is 0 Å². The minimum Gasteiger partial charge on any atom is -0.497 e. The Morgan fingerprint density at radius 1 is 1.08 bits per heavy atom. The molecule has 0 spiro atoms. The molecule has 0 heterocycles. The summed E-state index contributed by atoms with van der Waals surface area (Å²) in [5.74, 6) is 1.71. The van der Waals surface area contributed by atoms with E-state index in [4.69, 9.17) is 21.7 Å². The number of anilines is 1. The largest absolute Gasteiger partial charge is 0.497 e. The molecule has 26 heavy (non-hydrogen) atoms. The van der Waals surface area contributed by atoms with E-state index in [-0.39, 0.29) is 5.54 Å². The van der Waals surface area contributed by atoms with Gasteiger partial charge in [-0.1, -0.05) is 31.0 Å². The minimum atomic E-state index is -0.117. The number of rotatable bonds is 6. The maximum absolute atomic E-state index is 5.61. The number of methoxy groups -OCH3 is 1. The van der Waals surface area contributed by atoms with Crippen LogP contribution in [-0.2, 0) is 5.54 Å². The molecule has 2 N–H and O–H groups in total. The van der Waals surface area contributed by atoms with E-state index in [1.807, 2.05) is 43.3 Å². The molecule has 1 aliphatic carbocycles. The standard InChI is InChI=1S/C21H26N2O2S/c1-3-25-19-8-6-7-17(15-19)22-20(26)23-21(13-4-5-14-21)16-9-11-18(24-2)12-10-16/h6-12,15H,3-5,13-14H2,1-2H3,(H2,22,23,26). The van der Waals surface area contributed by atoms with Gasteiger partial charge in [-0.2, -0.15) is 0 Å². The number of thiocarbonyl (C=S) groups is 1. The molecule has 0 aliphatic heterocycles. The smallest absolute Gasteiger partial charge is 0.171 e. The van der Waals surface area contributed by atoms with Crippen LogP contribution in [0, 0.1) is 0 Å². The number of hydrogen-bond acceptors (Lipinski definition) is 3. The first-order chi connectivity index (χ1) is 12.6. The molecule has 0 atom stereocenters. The van der Waals surface area contributed by atoms with Gasteiger partial charge in [0.05, 0.1) is 19.3 Å². The molecule has 0 amide bonds. The molecule has 0 aromatic heterocycles. The van der Waals surface area contributed by atoms with Gasteiger partial charge in [-0.05, 0) is 61.8 Å². The molecule has 1 aliphatic rings. The zero-order valence-electron chi connectivity index (χ0n) is 15.4. The zero-order valence-corrected chi connectivity index (χ0v) is 16.2. The van der Waals surface area contributed by atoms with Crippen LogP contribution in [0.5, 0.6) is 11.5 Å². The molecule has 2 aromatic carbocycles. The monoisotopic (exact) mass is 370 g/mol. The van der Waals surface area contributed by atoms with E-state index >= 15 is 0 Å². The first-order valence-electron chi connectivity index (χ1n) is 9.12. The maximum Gasteiger partial charge on any atom is 0.171 e. The van der Waals surface area contributed by atoms with Crippen molar-refractivity contribution in [2.45, 2.75) is 38.1 Å². The summed E-state index contributed by atoms with van der Waals surface area (Å²) in [5, 5.41) is 7.52. The third-order valence-corrected chi connectivity index (χ3v) is 5.06. The van der Waals surface area contributed by atoms with Crippen LogP contribution in [0.15, 0.2) is 48.5 Å². The van der Waals surface area contributed by atoms with E-state index in [2.05, 4.69) is 22.8 Å². The van der Waals surface area contributed by atoms with Crippen LogP contribution in [0.25, 0.3) is 0 Å². The molecular weight excluding hydrogens is 344 g/mol. The van der Waals surface area contributed by atoms with Crippen LogP contribution in [-0.4, -0.2) is 18.8 Å². The maximum atomic E-state index is 5.61. The van der Waals surface area contributed by atoms with E-state index in [9.17, 15) is 0 Å². The second-order valence-corrected chi connectivity index (χ2v) is 6.97. The van der Waals surface area contributed by atoms with Crippen molar-refractivity contribution in [1.82, 2.24) is 5.32 Å². The van der Waals surface area contributed by atoms with Crippen molar-refractivity contribution in [3.63, 3.8) is 0 Å². The summed E-state index contributed by atoms with van der Waals surface area (Å²) in [4.78, 5) is 0. The molecular formula is C21H26N2O2S. The second kappa shape index (κ2) is 8.41. The van der Waals surface area contributed by atoms with Crippen LogP contribution < -0.4 is 20.1 Å². The molecule has 0 saturated heterocycles. The Hall–Kier alpha value is -2.27. The lowest BCUT2D eigenvalue weighted by Gasteiger charge is -2.32. The van der Waals surface area contributed by atoms with Crippen molar-refractivity contribution in [1.29, 1.82) is 0 Å². The summed E-state index contributed by atoms with van der Waals surface area (Å²) in [5.41, 5.74) is 2.06. The molecule has 4 nitrogen and oxygen atoms in total. The Bertz CT molecular complexity index is 740. The molecule has 1 saturated carbocycles. The summed E-state index contributed by atoms with van der Waals surface area (Å²) >= 11 is 5.61. The lowest BCUT2D eigenvalue weighted by molar-refractivity contribution is 0.340. The van der Waals surface area contributed by atoms with Crippen LogP contribution >= 0.6 is 12.2 Å². The van der Waals surface area contributed by atoms with Gasteiger partial charge in [0.15, 0.2) is 5.11 Å². The van der Waals surface area contributed by atoms with Crippen molar-refractivity contribution >= 4 is 23.0 Å². The quantitative estimate of drug-likeness (QED) is 0.712. The first-order valence-corrected chi connectivity index (χ1v) is 9.52. The number of ether oxygens (including phenoxy) is 2. The third kappa shape index (κ3) is 4.28. The predicted octanol–water partition coefficient (Wildman–Crippen LogP) is 4.85. The summed E-state index contributed by atoms with van der Waals surface area (Å²) in [6, 6.07) is 16.2. The predicted molar refractivity (Wildman–Crippen MR) is 110 cm³/mol. The lowest BCUT2D eigenvalue weighted by atomic mass is 9.88. The highest BCUT2D eigenvalue weighted by Crippen LogP contribution is 2.39. The van der Waals surface area contributed by atoms with E-state index in [0.29, 0.717) is 11.7 Å². The van der Waals surface area contributed by atoms with Gasteiger partial charge >= 0.3 is 0 Å². The van der Waals surface area contributed by atoms with Crippen LogP contribution in [0.2, 0.25) is 0 Å². The summed E-state index contributed by atoms with van der Waals surface area (Å²) in [6.07, 6.45) is 4.53. The van der Waals surface area contributed by atoms with Gasteiger partial charge < -0.3 is 20.1 Å². The molecule has 138 valence electrons. The molecule has 0 bridgehead atoms. The van der Waals surface area contributed by atoms with Crippen LogP contribution in [0.1, 0.15) is 38.2 Å². The van der Waals surface area contributed by atoms with E-state index in [1.165, 1.54) is 18.4 Å². The lowest BCUT2D eigenvalue weighted by Crippen LogP contribution is -2.45. The van der Waals surface area contributed by atoms with Gasteiger partial charge in [-0.25, -0.2) is 0 Å². The Morgan fingerprint density at radius 2 is 1.81 bits per heavy atom. The van der Waals surface area contributed by atoms with E-state index < -0.39 is 0 Å². The Balaban J connectivity index is 1.73. The van der Waals surface area contributed by atoms with E-state index in [0.717, 1.165) is 30.0 Å². The summed E-state index contributed by atoms with van der Waals surface area (Å²) in [6.45, 7) is 2.62. The van der Waals surface area contributed by atoms with E-state index in [1.54, 1.807) is 7.11 Å². The average molecular weight is 371 g/mol. The van der Waals surface area contributed by atoms with Gasteiger partial charge in [0.1, 0.15) is 11.5 Å². The fraction of sp³-hybridized carbons (Fsp3) is 0.381. The first kappa shape index (κ1) is 18.5. The molecule has 5 heteroatoms. The average Bonchev–Trinajstić information content (AvgIpc) is 3.12. The molecule has 0 unspecified atom stereocenters. The Kier molecular flexibility index (Phi) is 5.99. The number of benzene rings is 2. The molecule has 2 aromatic rings.